The fourth-order valence-corrected chi connectivity index (χ4v) is 9.55. The fourth-order valence-electron chi connectivity index (χ4n) is 9.55. The van der Waals surface area contributed by atoms with Gasteiger partial charge < -0.3 is 4.57 Å². The highest BCUT2D eigenvalue weighted by Crippen LogP contribution is 2.49. The molecule has 1 aliphatic rings. The van der Waals surface area contributed by atoms with Crippen LogP contribution in [0.2, 0.25) is 0 Å². The minimum absolute atomic E-state index is 0.0774. The van der Waals surface area contributed by atoms with E-state index in [9.17, 15) is 0 Å². The van der Waals surface area contributed by atoms with Crippen LogP contribution in [-0.2, 0) is 5.41 Å². The number of para-hydroxylation sites is 2. The average molecular weight is 729 g/mol. The predicted molar refractivity (Wildman–Crippen MR) is 237 cm³/mol. The molecule has 268 valence electrons. The number of aromatic nitrogens is 4. The second-order valence-corrected chi connectivity index (χ2v) is 15.9. The number of nitrogens with zero attached hydrogens (tertiary/aromatic N) is 4. The van der Waals surface area contributed by atoms with Crippen LogP contribution >= 0.6 is 0 Å². The first kappa shape index (κ1) is 32.0. The molecule has 12 rings (SSSR count). The third-order valence-corrected chi connectivity index (χ3v) is 12.4. The Kier molecular flexibility index (Phi) is 6.65. The highest BCUT2D eigenvalue weighted by Gasteiger charge is 2.35. The molecule has 0 radical (unpaired) electrons. The van der Waals surface area contributed by atoms with Crippen LogP contribution in [0.5, 0.6) is 0 Å². The van der Waals surface area contributed by atoms with Crippen LogP contribution in [0.25, 0.3) is 99.5 Å². The molecule has 0 fully saturated rings. The van der Waals surface area contributed by atoms with Gasteiger partial charge in [0, 0.05) is 44.4 Å². The van der Waals surface area contributed by atoms with Gasteiger partial charge in [-0.3, -0.25) is 4.57 Å². The van der Waals surface area contributed by atoms with Gasteiger partial charge in [0.05, 0.1) is 27.8 Å². The molecule has 57 heavy (non-hydrogen) atoms. The normalized spacial score (nSPS) is 13.2. The van der Waals surface area contributed by atoms with E-state index in [-0.39, 0.29) is 5.41 Å². The van der Waals surface area contributed by atoms with Crippen molar-refractivity contribution in [3.8, 4) is 45.1 Å². The Hall–Kier alpha value is -7.30. The number of hydrogen-bond donors (Lipinski definition) is 0. The van der Waals surface area contributed by atoms with Crippen molar-refractivity contribution in [1.82, 2.24) is 19.1 Å². The van der Waals surface area contributed by atoms with E-state index in [1.807, 2.05) is 0 Å². The van der Waals surface area contributed by atoms with Crippen molar-refractivity contribution >= 4 is 54.4 Å². The Bertz CT molecular complexity index is 3430. The van der Waals surface area contributed by atoms with Crippen molar-refractivity contribution in [3.05, 3.63) is 193 Å². The molecule has 0 bridgehead atoms. The highest BCUT2D eigenvalue weighted by molar-refractivity contribution is 6.13. The van der Waals surface area contributed by atoms with Gasteiger partial charge in [-0.05, 0) is 86.6 Å². The number of rotatable bonds is 4. The zero-order valence-electron chi connectivity index (χ0n) is 31.6. The lowest BCUT2D eigenvalue weighted by atomic mass is 9.82. The van der Waals surface area contributed by atoms with Gasteiger partial charge in [0.15, 0.2) is 0 Å². The quantitative estimate of drug-likeness (QED) is 0.181. The van der Waals surface area contributed by atoms with Crippen LogP contribution < -0.4 is 0 Å². The summed E-state index contributed by atoms with van der Waals surface area (Å²) in [5, 5.41) is 7.07. The van der Waals surface area contributed by atoms with E-state index in [0.717, 1.165) is 44.4 Å². The van der Waals surface area contributed by atoms with Gasteiger partial charge in [-0.15, -0.1) is 0 Å². The fraction of sp³-hybridized carbons (Fsp3) is 0.0566. The Balaban J connectivity index is 1.04. The smallest absolute Gasteiger partial charge is 0.235 e. The lowest BCUT2D eigenvalue weighted by Crippen LogP contribution is -2.15. The maximum atomic E-state index is 5.43. The molecule has 0 aliphatic heterocycles. The summed E-state index contributed by atoms with van der Waals surface area (Å²) in [6.45, 7) is 4.68. The van der Waals surface area contributed by atoms with Crippen molar-refractivity contribution in [2.24, 2.45) is 0 Å². The monoisotopic (exact) mass is 728 g/mol. The maximum Gasteiger partial charge on any atom is 0.235 e. The molecule has 0 N–H and O–H groups in total. The summed E-state index contributed by atoms with van der Waals surface area (Å²) in [7, 11) is 0. The summed E-state index contributed by atoms with van der Waals surface area (Å²) in [6, 6.07) is 63.6. The molecule has 4 heteroatoms. The molecule has 0 amide bonds. The molecule has 0 atom stereocenters. The second kappa shape index (κ2) is 11.8. The van der Waals surface area contributed by atoms with Crippen molar-refractivity contribution in [2.75, 3.05) is 0 Å². The zero-order valence-corrected chi connectivity index (χ0v) is 31.6. The Morgan fingerprint density at radius 1 is 0.439 bits per heavy atom. The number of fused-ring (bicyclic) bond motifs is 9. The first-order valence-electron chi connectivity index (χ1n) is 19.7. The summed E-state index contributed by atoms with van der Waals surface area (Å²) in [5.74, 6) is 0.655. The Morgan fingerprint density at radius 2 is 1.14 bits per heavy atom. The van der Waals surface area contributed by atoms with Crippen molar-refractivity contribution in [3.63, 3.8) is 0 Å². The van der Waals surface area contributed by atoms with Crippen LogP contribution in [0, 0.1) is 0 Å². The molecule has 0 saturated carbocycles. The van der Waals surface area contributed by atoms with E-state index in [2.05, 4.69) is 205 Å². The van der Waals surface area contributed by atoms with Crippen molar-refractivity contribution in [2.45, 2.75) is 19.3 Å². The van der Waals surface area contributed by atoms with Crippen LogP contribution in [0.3, 0.4) is 0 Å². The van der Waals surface area contributed by atoms with E-state index in [4.69, 9.17) is 9.97 Å². The van der Waals surface area contributed by atoms with Gasteiger partial charge >= 0.3 is 0 Å². The SMILES string of the molecule is CC1(C)c2ccccc2-c2ccc(-n3ccc4cc5c6ccccc6n(-c6nc(-c7ccc(-c8cccc9ccccc89)cc7)c7ccccc7n6)c5cc43)cc21. The van der Waals surface area contributed by atoms with Gasteiger partial charge in [-0.1, -0.05) is 147 Å². The first-order chi connectivity index (χ1) is 28.0. The molecule has 3 aromatic heterocycles. The van der Waals surface area contributed by atoms with Gasteiger partial charge in [-0.2, -0.15) is 0 Å². The molecule has 8 aromatic carbocycles. The molecular weight excluding hydrogens is 693 g/mol. The molecule has 0 spiro atoms. The van der Waals surface area contributed by atoms with Gasteiger partial charge in [0.2, 0.25) is 5.95 Å². The van der Waals surface area contributed by atoms with E-state index >= 15 is 0 Å². The minimum atomic E-state index is -0.0774. The topological polar surface area (TPSA) is 35.6 Å². The van der Waals surface area contributed by atoms with Gasteiger partial charge in [-0.25, -0.2) is 9.97 Å². The van der Waals surface area contributed by atoms with E-state index in [1.165, 1.54) is 60.3 Å². The highest BCUT2D eigenvalue weighted by atomic mass is 15.2. The van der Waals surface area contributed by atoms with Gasteiger partial charge in [0.1, 0.15) is 0 Å². The summed E-state index contributed by atoms with van der Waals surface area (Å²) < 4.78 is 4.59. The molecule has 0 saturated heterocycles. The van der Waals surface area contributed by atoms with Crippen molar-refractivity contribution < 1.29 is 0 Å². The van der Waals surface area contributed by atoms with Crippen LogP contribution in [0.15, 0.2) is 182 Å². The summed E-state index contributed by atoms with van der Waals surface area (Å²) >= 11 is 0. The molecular formula is C53H36N4. The minimum Gasteiger partial charge on any atom is -0.316 e. The molecule has 1 aliphatic carbocycles. The maximum absolute atomic E-state index is 5.43. The third kappa shape index (κ3) is 4.68. The van der Waals surface area contributed by atoms with Crippen LogP contribution in [0.1, 0.15) is 25.0 Å². The molecule has 4 nitrogen and oxygen atoms in total. The first-order valence-corrected chi connectivity index (χ1v) is 19.7. The molecule has 0 unspecified atom stereocenters. The Labute approximate surface area is 329 Å². The number of benzene rings is 8. The van der Waals surface area contributed by atoms with Gasteiger partial charge in [0.25, 0.3) is 0 Å². The lowest BCUT2D eigenvalue weighted by Gasteiger charge is -2.22. The number of hydrogen-bond acceptors (Lipinski definition) is 2. The van der Waals surface area contributed by atoms with Crippen LogP contribution in [0.4, 0.5) is 0 Å². The van der Waals surface area contributed by atoms with E-state index in [1.54, 1.807) is 0 Å². The van der Waals surface area contributed by atoms with Crippen LogP contribution in [-0.4, -0.2) is 19.1 Å². The standard InChI is InChI=1S/C53H36N4/c1-53(2)45-19-8-5-15-40(45)41-27-26-37(31-46(41)53)56-29-28-36-30-44-42-16-7-10-21-48(42)57(50(44)32-49(36)56)52-54-47-20-9-6-17-43(47)51(55-52)35-24-22-34(23-25-35)39-18-11-13-33-12-3-4-14-38(33)39/h3-32H,1-2H3. The largest absolute Gasteiger partial charge is 0.316 e. The predicted octanol–water partition coefficient (Wildman–Crippen LogP) is 13.5. The zero-order chi connectivity index (χ0) is 37.8. The molecule has 3 heterocycles. The van der Waals surface area contributed by atoms with Crippen molar-refractivity contribution in [1.29, 1.82) is 0 Å². The molecule has 11 aromatic rings. The third-order valence-electron chi connectivity index (χ3n) is 12.4. The second-order valence-electron chi connectivity index (χ2n) is 15.9. The summed E-state index contributed by atoms with van der Waals surface area (Å²) in [6.07, 6.45) is 2.21. The van der Waals surface area contributed by atoms with E-state index < -0.39 is 0 Å². The summed E-state index contributed by atoms with van der Waals surface area (Å²) in [4.78, 5) is 10.7. The summed E-state index contributed by atoms with van der Waals surface area (Å²) in [5.41, 5.74) is 15.1. The average Bonchev–Trinajstić information content (AvgIpc) is 3.90. The Morgan fingerprint density at radius 3 is 2.04 bits per heavy atom. The van der Waals surface area contributed by atoms with E-state index in [0.29, 0.717) is 5.95 Å². The lowest BCUT2D eigenvalue weighted by molar-refractivity contribution is 0.660.